The summed E-state index contributed by atoms with van der Waals surface area (Å²) in [5.74, 6) is 6.54. The summed E-state index contributed by atoms with van der Waals surface area (Å²) in [6.45, 7) is 4.03. The van der Waals surface area contributed by atoms with Crippen LogP contribution in [0.2, 0.25) is 0 Å². The van der Waals surface area contributed by atoms with E-state index in [4.69, 9.17) is 5.11 Å². The van der Waals surface area contributed by atoms with Gasteiger partial charge in [0.15, 0.2) is 0 Å². The quantitative estimate of drug-likeness (QED) is 0.779. The maximum absolute atomic E-state index is 12.2. The number of nitrogens with one attached hydrogen (secondary N) is 1. The van der Waals surface area contributed by atoms with Gasteiger partial charge < -0.3 is 5.11 Å². The van der Waals surface area contributed by atoms with E-state index in [-0.39, 0.29) is 17.4 Å². The first-order valence-corrected chi connectivity index (χ1v) is 9.47. The predicted molar refractivity (Wildman–Crippen MR) is 87.9 cm³/mol. The van der Waals surface area contributed by atoms with Crippen molar-refractivity contribution < 1.29 is 13.5 Å². The Kier molecular flexibility index (Phi) is 7.26. The topological polar surface area (TPSA) is 66.4 Å². The molecule has 21 heavy (non-hydrogen) atoms. The van der Waals surface area contributed by atoms with Crippen LogP contribution in [0.25, 0.3) is 0 Å². The zero-order valence-electron chi connectivity index (χ0n) is 12.5. The highest BCUT2D eigenvalue weighted by molar-refractivity contribution is 7.98. The molecule has 1 rings (SSSR count). The fourth-order valence-electron chi connectivity index (χ4n) is 1.76. The molecule has 0 radical (unpaired) electrons. The van der Waals surface area contributed by atoms with Crippen LogP contribution in [0.3, 0.4) is 0 Å². The average molecular weight is 327 g/mol. The highest BCUT2D eigenvalue weighted by Gasteiger charge is 2.15. The average Bonchev–Trinajstić information content (AvgIpc) is 2.44. The Bertz CT molecular complexity index is 630. The van der Waals surface area contributed by atoms with Crippen LogP contribution in [0.4, 0.5) is 0 Å². The molecule has 0 saturated heterocycles. The van der Waals surface area contributed by atoms with Crippen molar-refractivity contribution in [2.75, 3.05) is 25.2 Å². The van der Waals surface area contributed by atoms with Crippen molar-refractivity contribution in [2.24, 2.45) is 5.92 Å². The first-order chi connectivity index (χ1) is 9.90. The molecule has 0 aromatic heterocycles. The molecule has 0 aliphatic carbocycles. The molecule has 1 unspecified atom stereocenters. The van der Waals surface area contributed by atoms with E-state index in [2.05, 4.69) is 16.6 Å². The van der Waals surface area contributed by atoms with Crippen LogP contribution in [-0.4, -0.2) is 38.7 Å². The van der Waals surface area contributed by atoms with Crippen molar-refractivity contribution in [1.29, 1.82) is 0 Å². The van der Waals surface area contributed by atoms with Gasteiger partial charge in [-0.05, 0) is 48.6 Å². The Morgan fingerprint density at radius 3 is 2.71 bits per heavy atom. The molecule has 6 heteroatoms. The SMILES string of the molecule is CSCC(C)CNS(=O)(=O)c1ccc(C#CCO)c(C)c1. The largest absolute Gasteiger partial charge is 0.384 e. The van der Waals surface area contributed by atoms with E-state index in [1.54, 1.807) is 30.8 Å². The van der Waals surface area contributed by atoms with Crippen LogP contribution in [0.15, 0.2) is 23.1 Å². The lowest BCUT2D eigenvalue weighted by atomic mass is 10.1. The Morgan fingerprint density at radius 1 is 1.43 bits per heavy atom. The predicted octanol–water partition coefficient (Wildman–Crippen LogP) is 1.62. The van der Waals surface area contributed by atoms with Gasteiger partial charge in [0.25, 0.3) is 0 Å². The van der Waals surface area contributed by atoms with Gasteiger partial charge in [-0.2, -0.15) is 11.8 Å². The Morgan fingerprint density at radius 2 is 2.14 bits per heavy atom. The zero-order valence-corrected chi connectivity index (χ0v) is 14.1. The zero-order chi connectivity index (χ0) is 15.9. The number of rotatable bonds is 6. The molecular formula is C15H21NO3S2. The van der Waals surface area contributed by atoms with Gasteiger partial charge >= 0.3 is 0 Å². The molecule has 1 aromatic rings. The smallest absolute Gasteiger partial charge is 0.240 e. The Hall–Kier alpha value is -1.00. The highest BCUT2D eigenvalue weighted by atomic mass is 32.2. The summed E-state index contributed by atoms with van der Waals surface area (Å²) in [5.41, 5.74) is 1.50. The van der Waals surface area contributed by atoms with Crippen LogP contribution in [0.1, 0.15) is 18.1 Å². The van der Waals surface area contributed by atoms with Crippen molar-refractivity contribution in [3.8, 4) is 11.8 Å². The number of benzene rings is 1. The van der Waals surface area contributed by atoms with E-state index in [9.17, 15) is 8.42 Å². The third-order valence-corrected chi connectivity index (χ3v) is 5.21. The number of aliphatic hydroxyl groups is 1. The lowest BCUT2D eigenvalue weighted by Crippen LogP contribution is -2.29. The molecule has 0 bridgehead atoms. The summed E-state index contributed by atoms with van der Waals surface area (Å²) < 4.78 is 27.1. The van der Waals surface area contributed by atoms with E-state index >= 15 is 0 Å². The van der Waals surface area contributed by atoms with E-state index < -0.39 is 10.0 Å². The van der Waals surface area contributed by atoms with Crippen molar-refractivity contribution >= 4 is 21.8 Å². The molecule has 0 aliphatic rings. The first-order valence-electron chi connectivity index (χ1n) is 6.59. The number of sulfonamides is 1. The number of aryl methyl sites for hydroxylation is 1. The van der Waals surface area contributed by atoms with E-state index in [1.165, 1.54) is 6.07 Å². The lowest BCUT2D eigenvalue weighted by Gasteiger charge is -2.12. The number of hydrogen-bond donors (Lipinski definition) is 2. The van der Waals surface area contributed by atoms with E-state index in [0.717, 1.165) is 16.9 Å². The molecule has 2 N–H and O–H groups in total. The second-order valence-electron chi connectivity index (χ2n) is 4.85. The summed E-state index contributed by atoms with van der Waals surface area (Å²) in [7, 11) is -3.49. The molecule has 0 heterocycles. The van der Waals surface area contributed by atoms with Gasteiger partial charge in [-0.3, -0.25) is 0 Å². The Balaban J connectivity index is 2.87. The maximum Gasteiger partial charge on any atom is 0.240 e. The summed E-state index contributed by atoms with van der Waals surface area (Å²) in [4.78, 5) is 0.242. The molecule has 4 nitrogen and oxygen atoms in total. The van der Waals surface area contributed by atoms with Gasteiger partial charge in [-0.1, -0.05) is 18.8 Å². The minimum atomic E-state index is -3.49. The van der Waals surface area contributed by atoms with Crippen LogP contribution < -0.4 is 4.72 Å². The molecule has 0 fully saturated rings. The monoisotopic (exact) mass is 327 g/mol. The Labute approximate surface area is 131 Å². The van der Waals surface area contributed by atoms with Crippen LogP contribution >= 0.6 is 11.8 Å². The van der Waals surface area contributed by atoms with Crippen LogP contribution in [0.5, 0.6) is 0 Å². The standard InChI is InChI=1S/C15H21NO3S2/c1-12(11-20-3)10-16-21(18,19)15-7-6-14(5-4-8-17)13(2)9-15/h6-7,9,12,16-17H,8,10-11H2,1-3H3. The third-order valence-electron chi connectivity index (χ3n) is 2.88. The van der Waals surface area contributed by atoms with Crippen molar-refractivity contribution in [1.82, 2.24) is 4.72 Å². The van der Waals surface area contributed by atoms with Crippen molar-refractivity contribution in [3.05, 3.63) is 29.3 Å². The number of thioether (sulfide) groups is 1. The third kappa shape index (κ3) is 5.71. The molecule has 0 aliphatic heterocycles. The number of aliphatic hydroxyl groups excluding tert-OH is 1. The minimum Gasteiger partial charge on any atom is -0.384 e. The van der Waals surface area contributed by atoms with E-state index in [1.807, 2.05) is 13.2 Å². The molecular weight excluding hydrogens is 306 g/mol. The van der Waals surface area contributed by atoms with Crippen molar-refractivity contribution in [2.45, 2.75) is 18.7 Å². The van der Waals surface area contributed by atoms with Crippen molar-refractivity contribution in [3.63, 3.8) is 0 Å². The van der Waals surface area contributed by atoms with Gasteiger partial charge in [0.05, 0.1) is 4.90 Å². The van der Waals surface area contributed by atoms with E-state index in [0.29, 0.717) is 6.54 Å². The first kappa shape index (κ1) is 18.1. The summed E-state index contributed by atoms with van der Waals surface area (Å²) in [5, 5.41) is 8.69. The van der Waals surface area contributed by atoms with Gasteiger partial charge in [0.2, 0.25) is 10.0 Å². The second kappa shape index (κ2) is 8.44. The van der Waals surface area contributed by atoms with Crippen LogP contribution in [0, 0.1) is 24.7 Å². The van der Waals surface area contributed by atoms with Gasteiger partial charge in [-0.15, -0.1) is 0 Å². The van der Waals surface area contributed by atoms with Crippen LogP contribution in [-0.2, 0) is 10.0 Å². The molecule has 116 valence electrons. The van der Waals surface area contributed by atoms with Gasteiger partial charge in [0.1, 0.15) is 6.61 Å². The minimum absolute atomic E-state index is 0.214. The molecule has 0 amide bonds. The lowest BCUT2D eigenvalue weighted by molar-refractivity contribution is 0.350. The summed E-state index contributed by atoms with van der Waals surface area (Å²) in [6.07, 6.45) is 2.00. The summed E-state index contributed by atoms with van der Waals surface area (Å²) in [6, 6.07) is 4.80. The fraction of sp³-hybridized carbons (Fsp3) is 0.467. The number of hydrogen-bond acceptors (Lipinski definition) is 4. The highest BCUT2D eigenvalue weighted by Crippen LogP contribution is 2.15. The second-order valence-corrected chi connectivity index (χ2v) is 7.53. The van der Waals surface area contributed by atoms with Gasteiger partial charge in [0, 0.05) is 12.1 Å². The molecule has 1 atom stereocenters. The maximum atomic E-state index is 12.2. The molecule has 1 aromatic carbocycles. The normalized spacial score (nSPS) is 12.6. The molecule has 0 spiro atoms. The fourth-order valence-corrected chi connectivity index (χ4v) is 3.69. The molecule has 0 saturated carbocycles. The van der Waals surface area contributed by atoms with Gasteiger partial charge in [-0.25, -0.2) is 13.1 Å². The summed E-state index contributed by atoms with van der Waals surface area (Å²) >= 11 is 1.70.